The molecular weight excluding hydrogens is 837 g/mol. The lowest BCUT2D eigenvalue weighted by Crippen LogP contribution is -2.03. The zero-order chi connectivity index (χ0) is 44.0. The zero-order valence-electron chi connectivity index (χ0n) is 36.4. The highest BCUT2D eigenvalue weighted by atomic mass is 32.1. The molecule has 2 aliphatic rings. The minimum atomic E-state index is 0.617. The predicted octanol–water partition coefficient (Wildman–Crippen LogP) is 16.9. The van der Waals surface area contributed by atoms with E-state index in [9.17, 15) is 0 Å². The molecule has 0 saturated heterocycles. The van der Waals surface area contributed by atoms with Crippen LogP contribution in [0.15, 0.2) is 199 Å². The Balaban J connectivity index is 0.985. The van der Waals surface area contributed by atoms with Crippen molar-refractivity contribution in [3.8, 4) is 39.6 Å². The second kappa shape index (κ2) is 15.2. The van der Waals surface area contributed by atoms with E-state index in [0.29, 0.717) is 17.5 Å². The van der Waals surface area contributed by atoms with Gasteiger partial charge in [0, 0.05) is 58.4 Å². The molecule has 4 heterocycles. The van der Waals surface area contributed by atoms with E-state index in [2.05, 4.69) is 199 Å². The van der Waals surface area contributed by atoms with Crippen molar-refractivity contribution in [2.75, 3.05) is 0 Å². The molecule has 316 valence electrons. The van der Waals surface area contributed by atoms with Gasteiger partial charge >= 0.3 is 0 Å². The maximum Gasteiger partial charge on any atom is 0.164 e. The Labute approximate surface area is 390 Å². The van der Waals surface area contributed by atoms with Crippen LogP contribution >= 0.6 is 11.3 Å². The molecule has 0 saturated carbocycles. The third-order valence-electron chi connectivity index (χ3n) is 13.7. The molecule has 6 heteroatoms. The standard InChI is InChI=1S/C61H40N4OS/c1-3-14-37(15-4-1)44-34-50(61-63-59(39-17-5-2-6-18-39)62-60(64-61)43-27-26-38-16-7-8-19-40(38)32-43)57-48-22-13-24-53(58(48)66-54(57)35-44)65-51-23-11-9-20-45(51)49-33-41(29-31-52(49)65)42-28-30-47-46-21-10-12-25-55(46)67-56(47)36-42/h3,5,7-36H,1-2,4,6H2. The largest absolute Gasteiger partial charge is 0.454 e. The first kappa shape index (κ1) is 38.1. The van der Waals surface area contributed by atoms with Gasteiger partial charge in [-0.3, -0.25) is 0 Å². The van der Waals surface area contributed by atoms with Gasteiger partial charge in [-0.25, -0.2) is 15.0 Å². The first-order chi connectivity index (χ1) is 33.2. The summed E-state index contributed by atoms with van der Waals surface area (Å²) in [6.45, 7) is 0. The van der Waals surface area contributed by atoms with E-state index in [1.54, 1.807) is 0 Å². The van der Waals surface area contributed by atoms with Gasteiger partial charge in [-0.2, -0.15) is 0 Å². The van der Waals surface area contributed by atoms with Crippen molar-refractivity contribution in [2.45, 2.75) is 25.7 Å². The van der Waals surface area contributed by atoms with Crippen molar-refractivity contribution in [3.63, 3.8) is 0 Å². The molecule has 8 aromatic carbocycles. The second-order valence-electron chi connectivity index (χ2n) is 17.7. The van der Waals surface area contributed by atoms with Crippen molar-refractivity contribution in [1.82, 2.24) is 19.5 Å². The van der Waals surface area contributed by atoms with Crippen LogP contribution in [0.3, 0.4) is 0 Å². The van der Waals surface area contributed by atoms with Crippen LogP contribution < -0.4 is 0 Å². The minimum absolute atomic E-state index is 0.617. The average Bonchev–Trinajstić information content (AvgIpc) is 4.08. The monoisotopic (exact) mass is 876 g/mol. The van der Waals surface area contributed by atoms with Gasteiger partial charge in [0.05, 0.1) is 16.7 Å². The van der Waals surface area contributed by atoms with Crippen molar-refractivity contribution < 1.29 is 4.42 Å². The predicted molar refractivity (Wildman–Crippen MR) is 281 cm³/mol. The van der Waals surface area contributed by atoms with Gasteiger partial charge in [0.15, 0.2) is 23.1 Å². The number of fused-ring (bicyclic) bond motifs is 10. The zero-order valence-corrected chi connectivity index (χ0v) is 37.2. The van der Waals surface area contributed by atoms with E-state index in [-0.39, 0.29) is 0 Å². The van der Waals surface area contributed by atoms with Crippen LogP contribution in [0.2, 0.25) is 0 Å². The van der Waals surface area contributed by atoms with Crippen LogP contribution in [0.25, 0.3) is 125 Å². The van der Waals surface area contributed by atoms with Crippen molar-refractivity contribution >= 4 is 97.2 Å². The smallest absolute Gasteiger partial charge is 0.164 e. The highest BCUT2D eigenvalue weighted by Crippen LogP contribution is 2.44. The quantitative estimate of drug-likeness (QED) is 0.167. The fraction of sp³-hybridized carbons (Fsp3) is 0.0656. The third-order valence-corrected chi connectivity index (χ3v) is 14.8. The first-order valence-electron chi connectivity index (χ1n) is 23.1. The molecule has 12 aromatic rings. The Hall–Kier alpha value is -8.19. The van der Waals surface area contributed by atoms with E-state index < -0.39 is 0 Å². The first-order valence-corrected chi connectivity index (χ1v) is 23.9. The fourth-order valence-corrected chi connectivity index (χ4v) is 11.6. The van der Waals surface area contributed by atoms with Gasteiger partial charge in [-0.1, -0.05) is 140 Å². The van der Waals surface area contributed by atoms with E-state index >= 15 is 0 Å². The highest BCUT2D eigenvalue weighted by Gasteiger charge is 2.24. The van der Waals surface area contributed by atoms with Gasteiger partial charge in [0.1, 0.15) is 5.58 Å². The Kier molecular flexibility index (Phi) is 8.64. The summed E-state index contributed by atoms with van der Waals surface area (Å²) in [5, 5.41) is 9.32. The fourth-order valence-electron chi connectivity index (χ4n) is 10.4. The summed E-state index contributed by atoms with van der Waals surface area (Å²) in [7, 11) is 0. The summed E-state index contributed by atoms with van der Waals surface area (Å²) < 4.78 is 12.2. The van der Waals surface area contributed by atoms with Crippen LogP contribution in [0.4, 0.5) is 0 Å². The second-order valence-corrected chi connectivity index (χ2v) is 18.8. The van der Waals surface area contributed by atoms with Crippen LogP contribution in [-0.2, 0) is 0 Å². The average molecular weight is 877 g/mol. The summed E-state index contributed by atoms with van der Waals surface area (Å²) in [5.41, 5.74) is 12.3. The highest BCUT2D eigenvalue weighted by molar-refractivity contribution is 7.25. The Morgan fingerprint density at radius 2 is 1.15 bits per heavy atom. The minimum Gasteiger partial charge on any atom is -0.454 e. The van der Waals surface area contributed by atoms with Gasteiger partial charge in [0.2, 0.25) is 0 Å². The number of nitrogens with zero attached hydrogens (tertiary/aromatic N) is 4. The molecule has 0 radical (unpaired) electrons. The lowest BCUT2D eigenvalue weighted by Gasteiger charge is -2.13. The molecule has 0 atom stereocenters. The van der Waals surface area contributed by atoms with E-state index in [0.717, 1.165) is 92.0 Å². The molecule has 0 bridgehead atoms. The normalized spacial score (nSPS) is 14.1. The molecule has 2 aliphatic carbocycles. The topological polar surface area (TPSA) is 56.7 Å². The molecular formula is C61H40N4OS. The van der Waals surface area contributed by atoms with Crippen molar-refractivity contribution in [2.24, 2.45) is 0 Å². The third kappa shape index (κ3) is 6.24. The number of allylic oxidation sites excluding steroid dienone is 8. The lowest BCUT2D eigenvalue weighted by atomic mass is 9.95. The molecule has 0 spiro atoms. The molecule has 14 rings (SSSR count). The van der Waals surface area contributed by atoms with Gasteiger partial charge in [-0.05, 0) is 113 Å². The van der Waals surface area contributed by atoms with Crippen LogP contribution in [0.5, 0.6) is 0 Å². The number of para-hydroxylation sites is 2. The van der Waals surface area contributed by atoms with E-state index in [1.807, 2.05) is 11.3 Å². The number of hydrogen-bond donors (Lipinski definition) is 0. The Bertz CT molecular complexity index is 4180. The number of benzene rings is 8. The molecule has 4 aromatic heterocycles. The molecule has 0 unspecified atom stereocenters. The molecule has 0 N–H and O–H groups in total. The maximum atomic E-state index is 7.20. The molecule has 0 amide bonds. The lowest BCUT2D eigenvalue weighted by molar-refractivity contribution is 0.666. The summed E-state index contributed by atoms with van der Waals surface area (Å²) in [5.74, 6) is 1.93. The van der Waals surface area contributed by atoms with Crippen LogP contribution in [-0.4, -0.2) is 19.5 Å². The van der Waals surface area contributed by atoms with Crippen LogP contribution in [0.1, 0.15) is 37.1 Å². The maximum absolute atomic E-state index is 7.20. The molecule has 67 heavy (non-hydrogen) atoms. The number of thiophene rings is 1. The number of furan rings is 1. The Morgan fingerprint density at radius 3 is 2.03 bits per heavy atom. The summed E-state index contributed by atoms with van der Waals surface area (Å²) in [6, 6.07) is 57.1. The number of rotatable bonds is 6. The molecule has 0 aliphatic heterocycles. The van der Waals surface area contributed by atoms with Gasteiger partial charge < -0.3 is 8.98 Å². The van der Waals surface area contributed by atoms with E-state index in [4.69, 9.17) is 19.4 Å². The van der Waals surface area contributed by atoms with Gasteiger partial charge in [-0.15, -0.1) is 11.3 Å². The summed E-state index contributed by atoms with van der Waals surface area (Å²) in [4.78, 5) is 15.8. The van der Waals surface area contributed by atoms with Crippen LogP contribution in [0, 0.1) is 0 Å². The SMILES string of the molecule is C1=CC(c2cc(-c3nc(C4=CCCC=C4)nc(-c4ccc5ccccc5c4)n3)c3c(c2)oc2c(-n4c5ccccc5c5cc(-c6ccc7c(c6)sc6ccccc67)ccc54)cccc23)=CCC1. The number of hydrogen-bond acceptors (Lipinski definition) is 5. The van der Waals surface area contributed by atoms with Gasteiger partial charge in [0.25, 0.3) is 0 Å². The molecule has 5 nitrogen and oxygen atoms in total. The van der Waals surface area contributed by atoms with Crippen molar-refractivity contribution in [3.05, 3.63) is 206 Å². The van der Waals surface area contributed by atoms with E-state index in [1.165, 1.54) is 53.0 Å². The summed E-state index contributed by atoms with van der Waals surface area (Å²) >= 11 is 1.86. The Morgan fingerprint density at radius 1 is 0.448 bits per heavy atom. The number of aromatic nitrogens is 4. The summed E-state index contributed by atoms with van der Waals surface area (Å²) in [6.07, 6.45) is 17.4. The molecule has 0 fully saturated rings. The van der Waals surface area contributed by atoms with Crippen molar-refractivity contribution in [1.29, 1.82) is 0 Å².